The molecule has 0 aliphatic carbocycles. The van der Waals surface area contributed by atoms with E-state index in [1.54, 1.807) is 0 Å². The summed E-state index contributed by atoms with van der Waals surface area (Å²) in [7, 11) is 0. The highest BCUT2D eigenvalue weighted by Crippen LogP contribution is 2.02. The third kappa shape index (κ3) is 3.17. The Hall–Kier alpha value is -2.15. The van der Waals surface area contributed by atoms with Crippen molar-refractivity contribution in [3.8, 4) is 0 Å². The standard InChI is InChI=1S/C11H14N4O3/c16-9-5-8(14-11(18)15-9)10(17)13-6-7-1-3-12-4-2-7/h1,5,12H,2-4,6H2,(H,13,17)(H2,14,15,16,18). The molecule has 0 radical (unpaired) electrons. The summed E-state index contributed by atoms with van der Waals surface area (Å²) >= 11 is 0. The molecule has 1 aromatic rings. The van der Waals surface area contributed by atoms with Gasteiger partial charge in [0.15, 0.2) is 0 Å². The maximum Gasteiger partial charge on any atom is 0.326 e. The first kappa shape index (κ1) is 12.3. The Morgan fingerprint density at radius 3 is 2.83 bits per heavy atom. The maximum absolute atomic E-state index is 11.7. The normalized spacial score (nSPS) is 15.0. The fourth-order valence-corrected chi connectivity index (χ4v) is 1.71. The Bertz CT molecular complexity index is 556. The highest BCUT2D eigenvalue weighted by atomic mass is 16.2. The largest absolute Gasteiger partial charge is 0.347 e. The number of H-pyrrole nitrogens is 2. The lowest BCUT2D eigenvalue weighted by molar-refractivity contribution is 0.0951. The number of rotatable bonds is 3. The van der Waals surface area contributed by atoms with Crippen molar-refractivity contribution in [1.82, 2.24) is 20.6 Å². The monoisotopic (exact) mass is 250 g/mol. The summed E-state index contributed by atoms with van der Waals surface area (Å²) in [4.78, 5) is 38.1. The molecule has 0 fully saturated rings. The van der Waals surface area contributed by atoms with Gasteiger partial charge in [-0.05, 0) is 13.0 Å². The average Bonchev–Trinajstić information content (AvgIpc) is 2.36. The second kappa shape index (κ2) is 5.46. The lowest BCUT2D eigenvalue weighted by atomic mass is 10.1. The molecule has 0 unspecified atom stereocenters. The van der Waals surface area contributed by atoms with E-state index < -0.39 is 17.2 Å². The molecule has 2 rings (SSSR count). The molecule has 4 N–H and O–H groups in total. The molecule has 7 heteroatoms. The lowest BCUT2D eigenvalue weighted by Crippen LogP contribution is -2.33. The Balaban J connectivity index is 2.01. The van der Waals surface area contributed by atoms with Gasteiger partial charge in [0.2, 0.25) is 0 Å². The zero-order chi connectivity index (χ0) is 13.0. The van der Waals surface area contributed by atoms with Gasteiger partial charge in [0.25, 0.3) is 11.5 Å². The van der Waals surface area contributed by atoms with Crippen molar-refractivity contribution in [2.75, 3.05) is 19.6 Å². The molecule has 0 spiro atoms. The molecule has 0 saturated carbocycles. The summed E-state index contributed by atoms with van der Waals surface area (Å²) in [5, 5.41) is 5.83. The number of hydrogen-bond donors (Lipinski definition) is 4. The molecule has 1 aromatic heterocycles. The highest BCUT2D eigenvalue weighted by Gasteiger charge is 2.09. The van der Waals surface area contributed by atoms with Crippen LogP contribution in [0.25, 0.3) is 0 Å². The van der Waals surface area contributed by atoms with Gasteiger partial charge in [0, 0.05) is 19.2 Å². The Kier molecular flexibility index (Phi) is 3.73. The van der Waals surface area contributed by atoms with Crippen LogP contribution in [0.5, 0.6) is 0 Å². The summed E-state index contributed by atoms with van der Waals surface area (Å²) in [6, 6.07) is 1.06. The number of nitrogens with one attached hydrogen (secondary N) is 4. The van der Waals surface area contributed by atoms with E-state index in [0.717, 1.165) is 31.1 Å². The van der Waals surface area contributed by atoms with E-state index in [4.69, 9.17) is 0 Å². The second-order valence-electron chi connectivity index (χ2n) is 4.00. The average molecular weight is 250 g/mol. The summed E-state index contributed by atoms with van der Waals surface area (Å²) in [6.07, 6.45) is 2.90. The van der Waals surface area contributed by atoms with Crippen molar-refractivity contribution in [2.45, 2.75) is 6.42 Å². The fourth-order valence-electron chi connectivity index (χ4n) is 1.71. The van der Waals surface area contributed by atoms with Gasteiger partial charge in [-0.25, -0.2) is 4.79 Å². The summed E-state index contributed by atoms with van der Waals surface area (Å²) in [6.45, 7) is 2.12. The van der Waals surface area contributed by atoms with Crippen LogP contribution in [-0.2, 0) is 0 Å². The Morgan fingerprint density at radius 2 is 2.17 bits per heavy atom. The molecule has 0 saturated heterocycles. The van der Waals surface area contributed by atoms with Crippen LogP contribution < -0.4 is 21.9 Å². The van der Waals surface area contributed by atoms with Crippen molar-refractivity contribution >= 4 is 5.91 Å². The first-order chi connectivity index (χ1) is 8.65. The molecule has 96 valence electrons. The van der Waals surface area contributed by atoms with Crippen LogP contribution in [0.4, 0.5) is 0 Å². The molecular formula is C11H14N4O3. The lowest BCUT2D eigenvalue weighted by Gasteiger charge is -2.14. The molecule has 0 aromatic carbocycles. The Morgan fingerprint density at radius 1 is 1.33 bits per heavy atom. The van der Waals surface area contributed by atoms with Gasteiger partial charge in [-0.1, -0.05) is 11.6 Å². The topological polar surface area (TPSA) is 107 Å². The number of hydrogen-bond acceptors (Lipinski definition) is 4. The molecule has 2 heterocycles. The molecule has 0 bridgehead atoms. The SMILES string of the molecule is O=C(NCC1=CCNCC1)c1cc(=O)[nH]c(=O)[nH]1. The maximum atomic E-state index is 11.7. The smallest absolute Gasteiger partial charge is 0.326 e. The van der Waals surface area contributed by atoms with Crippen molar-refractivity contribution in [1.29, 1.82) is 0 Å². The Labute approximate surface area is 102 Å². The second-order valence-corrected chi connectivity index (χ2v) is 4.00. The first-order valence-corrected chi connectivity index (χ1v) is 5.65. The van der Waals surface area contributed by atoms with E-state index in [0.29, 0.717) is 6.54 Å². The van der Waals surface area contributed by atoms with E-state index in [1.165, 1.54) is 0 Å². The van der Waals surface area contributed by atoms with Crippen LogP contribution in [0.3, 0.4) is 0 Å². The van der Waals surface area contributed by atoms with E-state index in [2.05, 4.69) is 15.6 Å². The minimum absolute atomic E-state index is 0.0294. The molecule has 1 aliphatic heterocycles. The van der Waals surface area contributed by atoms with Gasteiger partial charge < -0.3 is 15.6 Å². The van der Waals surface area contributed by atoms with Crippen LogP contribution in [0, 0.1) is 0 Å². The fraction of sp³-hybridized carbons (Fsp3) is 0.364. The van der Waals surface area contributed by atoms with Crippen LogP contribution in [0.1, 0.15) is 16.9 Å². The van der Waals surface area contributed by atoms with Gasteiger partial charge in [0.1, 0.15) is 5.69 Å². The molecule has 0 atom stereocenters. The van der Waals surface area contributed by atoms with Crippen LogP contribution >= 0.6 is 0 Å². The van der Waals surface area contributed by atoms with Crippen molar-refractivity contribution in [3.63, 3.8) is 0 Å². The number of aromatic amines is 2. The summed E-state index contributed by atoms with van der Waals surface area (Å²) in [5.41, 5.74) is -0.175. The van der Waals surface area contributed by atoms with Crippen LogP contribution in [0.15, 0.2) is 27.3 Å². The van der Waals surface area contributed by atoms with Gasteiger partial charge in [-0.3, -0.25) is 14.6 Å². The van der Waals surface area contributed by atoms with Gasteiger partial charge in [0.05, 0.1) is 0 Å². The number of carbonyl (C=O) groups is 1. The highest BCUT2D eigenvalue weighted by molar-refractivity contribution is 5.92. The zero-order valence-corrected chi connectivity index (χ0v) is 9.71. The van der Waals surface area contributed by atoms with Crippen molar-refractivity contribution < 1.29 is 4.79 Å². The minimum atomic E-state index is -0.686. The molecule has 18 heavy (non-hydrogen) atoms. The third-order valence-corrected chi connectivity index (χ3v) is 2.64. The van der Waals surface area contributed by atoms with Crippen LogP contribution in [-0.4, -0.2) is 35.5 Å². The predicted octanol–water partition coefficient (Wildman–Crippen LogP) is -1.29. The van der Waals surface area contributed by atoms with Gasteiger partial charge >= 0.3 is 5.69 Å². The van der Waals surface area contributed by atoms with Gasteiger partial charge in [-0.2, -0.15) is 0 Å². The van der Waals surface area contributed by atoms with Crippen LogP contribution in [0.2, 0.25) is 0 Å². The van der Waals surface area contributed by atoms with E-state index >= 15 is 0 Å². The summed E-state index contributed by atoms with van der Waals surface area (Å²) < 4.78 is 0. The third-order valence-electron chi connectivity index (χ3n) is 2.64. The molecule has 1 aliphatic rings. The van der Waals surface area contributed by atoms with E-state index in [1.807, 2.05) is 11.1 Å². The number of aromatic nitrogens is 2. The first-order valence-electron chi connectivity index (χ1n) is 5.65. The van der Waals surface area contributed by atoms with Crippen molar-refractivity contribution in [3.05, 3.63) is 44.2 Å². The molecule has 7 nitrogen and oxygen atoms in total. The van der Waals surface area contributed by atoms with E-state index in [-0.39, 0.29) is 5.69 Å². The number of carbonyl (C=O) groups excluding carboxylic acids is 1. The zero-order valence-electron chi connectivity index (χ0n) is 9.71. The molecule has 1 amide bonds. The quantitative estimate of drug-likeness (QED) is 0.501. The van der Waals surface area contributed by atoms with Crippen molar-refractivity contribution in [2.24, 2.45) is 0 Å². The minimum Gasteiger partial charge on any atom is -0.347 e. The predicted molar refractivity (Wildman–Crippen MR) is 65.6 cm³/mol. The number of amides is 1. The van der Waals surface area contributed by atoms with E-state index in [9.17, 15) is 14.4 Å². The van der Waals surface area contributed by atoms with Gasteiger partial charge in [-0.15, -0.1) is 0 Å². The molecular weight excluding hydrogens is 236 g/mol. The summed E-state index contributed by atoms with van der Waals surface area (Å²) in [5.74, 6) is -0.461.